The molecule has 1 heterocycles. The van der Waals surface area contributed by atoms with Gasteiger partial charge in [0, 0.05) is 22.7 Å². The third kappa shape index (κ3) is 8.29. The molecule has 0 aliphatic rings. The van der Waals surface area contributed by atoms with E-state index in [1.165, 1.54) is 19.3 Å². The van der Waals surface area contributed by atoms with Crippen LogP contribution in [0.1, 0.15) is 56.7 Å². The first-order chi connectivity index (χ1) is 20.4. The molecule has 1 aromatic heterocycles. The van der Waals surface area contributed by atoms with Gasteiger partial charge in [0.2, 0.25) is 6.79 Å². The first-order valence-corrected chi connectivity index (χ1v) is 14.7. The minimum atomic E-state index is -0.766. The van der Waals surface area contributed by atoms with Crippen molar-refractivity contribution in [1.29, 1.82) is 0 Å². The maximum atomic E-state index is 12.2. The van der Waals surface area contributed by atoms with Crippen molar-refractivity contribution in [1.82, 2.24) is 4.98 Å². The number of nitrogens with zero attached hydrogens (tertiary/aromatic N) is 1. The average Bonchev–Trinajstić information content (AvgIpc) is 2.98. The second-order valence-electron chi connectivity index (χ2n) is 10.1. The fourth-order valence-electron chi connectivity index (χ4n) is 4.65. The lowest BCUT2D eigenvalue weighted by Crippen LogP contribution is -2.13. The number of unbranched alkanes of at least 4 members (excludes halogenated alkanes) is 5. The van der Waals surface area contributed by atoms with E-state index in [-0.39, 0.29) is 6.79 Å². The van der Waals surface area contributed by atoms with Gasteiger partial charge in [0.05, 0.1) is 24.3 Å². The van der Waals surface area contributed by atoms with Gasteiger partial charge in [-0.05, 0) is 56.2 Å². The van der Waals surface area contributed by atoms with Gasteiger partial charge >= 0.3 is 6.16 Å². The molecule has 0 fully saturated rings. The molecule has 3 aromatic carbocycles. The highest BCUT2D eigenvalue weighted by Crippen LogP contribution is 2.42. The number of benzene rings is 3. The van der Waals surface area contributed by atoms with E-state index in [2.05, 4.69) is 6.92 Å². The maximum absolute atomic E-state index is 12.2. The number of ether oxygens (including phenoxy) is 5. The van der Waals surface area contributed by atoms with Crippen LogP contribution in [0.25, 0.3) is 22.0 Å². The van der Waals surface area contributed by atoms with Gasteiger partial charge in [-0.1, -0.05) is 80.5 Å². The minimum absolute atomic E-state index is 0.319. The lowest BCUT2D eigenvalue weighted by molar-refractivity contribution is 0.00471. The highest BCUT2D eigenvalue weighted by molar-refractivity contribution is 6.33. The van der Waals surface area contributed by atoms with Crippen LogP contribution in [0.15, 0.2) is 60.7 Å². The summed E-state index contributed by atoms with van der Waals surface area (Å²) in [5.41, 5.74) is 4.12. The van der Waals surface area contributed by atoms with Gasteiger partial charge in [-0.15, -0.1) is 0 Å². The summed E-state index contributed by atoms with van der Waals surface area (Å²) in [5, 5.41) is 1.07. The van der Waals surface area contributed by atoms with Crippen LogP contribution in [0.3, 0.4) is 0 Å². The number of aryl methyl sites for hydroxylation is 2. The summed E-state index contributed by atoms with van der Waals surface area (Å²) in [6.45, 7) is 6.10. The predicted octanol–water partition coefficient (Wildman–Crippen LogP) is 9.82. The molecule has 0 aliphatic heterocycles. The predicted molar refractivity (Wildman–Crippen MR) is 166 cm³/mol. The molecule has 4 aromatic rings. The van der Waals surface area contributed by atoms with Gasteiger partial charge < -0.3 is 23.7 Å². The largest absolute Gasteiger partial charge is 0.511 e. The molecule has 0 radical (unpaired) electrons. The van der Waals surface area contributed by atoms with Crippen LogP contribution in [0.4, 0.5) is 4.79 Å². The lowest BCUT2D eigenvalue weighted by atomic mass is 10.00. The Bertz CT molecular complexity index is 1470. The number of methoxy groups -OCH3 is 1. The number of aromatic nitrogens is 1. The summed E-state index contributed by atoms with van der Waals surface area (Å²) in [4.78, 5) is 17.0. The van der Waals surface area contributed by atoms with E-state index in [1.54, 1.807) is 19.2 Å². The van der Waals surface area contributed by atoms with Gasteiger partial charge in [-0.25, -0.2) is 4.79 Å². The van der Waals surface area contributed by atoms with E-state index in [4.69, 9.17) is 40.3 Å². The molecule has 8 heteroatoms. The highest BCUT2D eigenvalue weighted by atomic mass is 35.5. The molecule has 0 aliphatic carbocycles. The topological polar surface area (TPSA) is 76.1 Å². The Morgan fingerprint density at radius 1 is 0.857 bits per heavy atom. The third-order valence-electron chi connectivity index (χ3n) is 6.89. The maximum Gasteiger partial charge on any atom is 0.511 e. The zero-order valence-corrected chi connectivity index (χ0v) is 25.5. The van der Waals surface area contributed by atoms with Crippen LogP contribution in [-0.2, 0) is 9.47 Å². The summed E-state index contributed by atoms with van der Waals surface area (Å²) < 4.78 is 28.0. The smallest absolute Gasteiger partial charge is 0.495 e. The highest BCUT2D eigenvalue weighted by Gasteiger charge is 2.19. The Morgan fingerprint density at radius 2 is 1.52 bits per heavy atom. The second kappa shape index (κ2) is 15.3. The quantitative estimate of drug-likeness (QED) is 0.0820. The molecular formula is C34H38ClNO6. The standard InChI is InChI=1S/C34H38ClNO6/c1-5-6-7-8-9-10-19-39-34(37)41-22-40-33-28-20-29(35)31(38-4)21-30(28)36-24(3)32(33)25-13-17-27(18-14-25)42-26-15-11-23(2)12-16-26/h11-18,20-21H,5-10,19,22H2,1-4H3. The van der Waals surface area contributed by atoms with Crippen LogP contribution in [-0.4, -0.2) is 31.6 Å². The summed E-state index contributed by atoms with van der Waals surface area (Å²) in [5.74, 6) is 2.44. The Hall–Kier alpha value is -3.97. The number of pyridine rings is 1. The van der Waals surface area contributed by atoms with Crippen LogP contribution < -0.4 is 14.2 Å². The molecular weight excluding hydrogens is 554 g/mol. The van der Waals surface area contributed by atoms with Gasteiger partial charge in [0.1, 0.15) is 23.0 Å². The number of hydrogen-bond acceptors (Lipinski definition) is 7. The van der Waals surface area contributed by atoms with Crippen LogP contribution in [0.2, 0.25) is 5.02 Å². The Morgan fingerprint density at radius 3 is 2.21 bits per heavy atom. The molecule has 4 rings (SSSR count). The van der Waals surface area contributed by atoms with E-state index >= 15 is 0 Å². The molecule has 42 heavy (non-hydrogen) atoms. The molecule has 0 atom stereocenters. The van der Waals surface area contributed by atoms with Crippen molar-refractivity contribution in [3.63, 3.8) is 0 Å². The van der Waals surface area contributed by atoms with Gasteiger partial charge in [-0.3, -0.25) is 4.98 Å². The number of rotatable bonds is 14. The van der Waals surface area contributed by atoms with Crippen molar-refractivity contribution in [3.05, 3.63) is 76.9 Å². The SMILES string of the molecule is CCCCCCCCOC(=O)OCOc1c(-c2ccc(Oc3ccc(C)cc3)cc2)c(C)nc2cc(OC)c(Cl)cc12. The molecule has 7 nitrogen and oxygen atoms in total. The molecule has 0 saturated carbocycles. The number of halogens is 1. The van der Waals surface area contributed by atoms with Crippen molar-refractivity contribution in [2.45, 2.75) is 59.3 Å². The second-order valence-corrected chi connectivity index (χ2v) is 10.5. The molecule has 0 N–H and O–H groups in total. The molecule has 0 saturated heterocycles. The molecule has 0 unspecified atom stereocenters. The van der Waals surface area contributed by atoms with Gasteiger partial charge in [0.25, 0.3) is 0 Å². The molecule has 0 amide bonds. The zero-order chi connectivity index (χ0) is 29.9. The fraction of sp³-hybridized carbons (Fsp3) is 0.353. The van der Waals surface area contributed by atoms with Gasteiger partial charge in [0.15, 0.2) is 0 Å². The summed E-state index contributed by atoms with van der Waals surface area (Å²) in [6, 6.07) is 19.0. The van der Waals surface area contributed by atoms with Crippen molar-refractivity contribution < 1.29 is 28.5 Å². The fourth-order valence-corrected chi connectivity index (χ4v) is 4.89. The zero-order valence-electron chi connectivity index (χ0n) is 24.7. The Kier molecular flexibility index (Phi) is 11.3. The Balaban J connectivity index is 1.52. The number of fused-ring (bicyclic) bond motifs is 1. The first kappa shape index (κ1) is 31.0. The first-order valence-electron chi connectivity index (χ1n) is 14.3. The molecule has 0 spiro atoms. The molecule has 0 bridgehead atoms. The normalized spacial score (nSPS) is 10.9. The monoisotopic (exact) mass is 591 g/mol. The van der Waals surface area contributed by atoms with E-state index in [9.17, 15) is 4.79 Å². The lowest BCUT2D eigenvalue weighted by Gasteiger charge is -2.18. The van der Waals surface area contributed by atoms with Gasteiger partial charge in [-0.2, -0.15) is 0 Å². The van der Waals surface area contributed by atoms with E-state index < -0.39 is 6.16 Å². The van der Waals surface area contributed by atoms with E-state index in [0.717, 1.165) is 47.4 Å². The van der Waals surface area contributed by atoms with Crippen molar-refractivity contribution in [3.8, 4) is 34.1 Å². The Labute approximate surface area is 252 Å². The van der Waals surface area contributed by atoms with Crippen LogP contribution in [0, 0.1) is 13.8 Å². The molecule has 222 valence electrons. The van der Waals surface area contributed by atoms with Crippen LogP contribution >= 0.6 is 11.6 Å². The number of hydrogen-bond donors (Lipinski definition) is 0. The van der Waals surface area contributed by atoms with Crippen LogP contribution in [0.5, 0.6) is 23.0 Å². The van der Waals surface area contributed by atoms with E-state index in [1.807, 2.05) is 62.4 Å². The third-order valence-corrected chi connectivity index (χ3v) is 7.18. The van der Waals surface area contributed by atoms with E-state index in [0.29, 0.717) is 39.8 Å². The van der Waals surface area contributed by atoms with Crippen molar-refractivity contribution >= 4 is 28.7 Å². The summed E-state index contributed by atoms with van der Waals surface area (Å²) in [7, 11) is 1.55. The number of carbonyl (C=O) groups excluding carboxylic acids is 1. The van der Waals surface area contributed by atoms with Crippen molar-refractivity contribution in [2.75, 3.05) is 20.5 Å². The van der Waals surface area contributed by atoms with Crippen molar-refractivity contribution in [2.24, 2.45) is 0 Å². The summed E-state index contributed by atoms with van der Waals surface area (Å²) >= 11 is 6.49. The minimum Gasteiger partial charge on any atom is -0.495 e. The average molecular weight is 592 g/mol. The summed E-state index contributed by atoms with van der Waals surface area (Å²) in [6.07, 6.45) is 5.83. The number of carbonyl (C=O) groups is 1.